The molecule has 1 fully saturated rings. The lowest BCUT2D eigenvalue weighted by Gasteiger charge is -2.30. The molecule has 0 aliphatic carbocycles. The first-order valence-corrected chi connectivity index (χ1v) is 9.58. The number of oxazole rings is 1. The summed E-state index contributed by atoms with van der Waals surface area (Å²) < 4.78 is 5.89. The zero-order valence-corrected chi connectivity index (χ0v) is 16.1. The summed E-state index contributed by atoms with van der Waals surface area (Å²) in [5.74, 6) is 1.60. The molecule has 0 saturated carbocycles. The van der Waals surface area contributed by atoms with E-state index in [0.717, 1.165) is 29.8 Å². The number of aromatic nitrogens is 3. The number of likely N-dealkylation sites (tertiary alicyclic amines) is 1. The Hall–Kier alpha value is -2.47. The number of hydrogen-bond acceptors (Lipinski definition) is 5. The quantitative estimate of drug-likeness (QED) is 0.668. The van der Waals surface area contributed by atoms with Crippen LogP contribution in [-0.4, -0.2) is 38.8 Å². The molecule has 0 N–H and O–H groups in total. The minimum Gasteiger partial charge on any atom is -0.440 e. The maximum Gasteiger partial charge on any atom is 0.274 e. The van der Waals surface area contributed by atoms with Gasteiger partial charge in [0.2, 0.25) is 0 Å². The van der Waals surface area contributed by atoms with Crippen molar-refractivity contribution in [2.45, 2.75) is 38.5 Å². The highest BCUT2D eigenvalue weighted by Crippen LogP contribution is 2.30. The number of halogens is 1. The van der Waals surface area contributed by atoms with Crippen molar-refractivity contribution >= 4 is 28.6 Å². The van der Waals surface area contributed by atoms with E-state index in [1.54, 1.807) is 4.90 Å². The Bertz CT molecular complexity index is 944. The molecule has 3 aromatic rings. The molecule has 3 heterocycles. The van der Waals surface area contributed by atoms with Gasteiger partial charge in [0.05, 0.1) is 11.2 Å². The number of piperidine rings is 1. The third kappa shape index (κ3) is 3.54. The Morgan fingerprint density at radius 2 is 1.96 bits per heavy atom. The van der Waals surface area contributed by atoms with Gasteiger partial charge in [-0.15, -0.1) is 0 Å². The van der Waals surface area contributed by atoms with Crippen molar-refractivity contribution in [3.05, 3.63) is 52.9 Å². The van der Waals surface area contributed by atoms with Gasteiger partial charge in [-0.2, -0.15) is 0 Å². The van der Waals surface area contributed by atoms with Crippen molar-refractivity contribution < 1.29 is 9.21 Å². The summed E-state index contributed by atoms with van der Waals surface area (Å²) in [6.45, 7) is 5.23. The summed E-state index contributed by atoms with van der Waals surface area (Å²) in [4.78, 5) is 27.9. The number of carbonyl (C=O) groups is 1. The SMILES string of the molecule is CC(C)c1ncc(Cl)c(C(=O)N2CCC(c3nc4ccccc4o3)CC2)n1. The number of rotatable bonds is 3. The number of para-hydroxylation sites is 2. The summed E-state index contributed by atoms with van der Waals surface area (Å²) in [6, 6.07) is 7.76. The Labute approximate surface area is 162 Å². The third-order valence-electron chi connectivity index (χ3n) is 4.92. The molecule has 4 rings (SSSR count). The predicted molar refractivity (Wildman–Crippen MR) is 103 cm³/mol. The van der Waals surface area contributed by atoms with Crippen LogP contribution in [-0.2, 0) is 0 Å². The average molecular weight is 385 g/mol. The zero-order valence-electron chi connectivity index (χ0n) is 15.4. The van der Waals surface area contributed by atoms with Crippen molar-refractivity contribution in [3.8, 4) is 0 Å². The van der Waals surface area contributed by atoms with Gasteiger partial charge in [0.15, 0.2) is 17.2 Å². The number of nitrogens with zero attached hydrogens (tertiary/aromatic N) is 4. The van der Waals surface area contributed by atoms with Crippen molar-refractivity contribution in [2.75, 3.05) is 13.1 Å². The second-order valence-corrected chi connectivity index (χ2v) is 7.57. The number of hydrogen-bond donors (Lipinski definition) is 0. The van der Waals surface area contributed by atoms with Crippen LogP contribution in [0.15, 0.2) is 34.9 Å². The van der Waals surface area contributed by atoms with Crippen LogP contribution in [0.3, 0.4) is 0 Å². The minimum absolute atomic E-state index is 0.138. The highest BCUT2D eigenvalue weighted by atomic mass is 35.5. The fraction of sp³-hybridized carbons (Fsp3) is 0.400. The van der Waals surface area contributed by atoms with E-state index >= 15 is 0 Å². The highest BCUT2D eigenvalue weighted by molar-refractivity contribution is 6.33. The predicted octanol–water partition coefficient (Wildman–Crippen LogP) is 4.41. The summed E-state index contributed by atoms with van der Waals surface area (Å²) in [7, 11) is 0. The van der Waals surface area contributed by atoms with E-state index < -0.39 is 0 Å². The number of fused-ring (bicyclic) bond motifs is 1. The van der Waals surface area contributed by atoms with Gasteiger partial charge in [0.1, 0.15) is 11.3 Å². The molecule has 0 atom stereocenters. The van der Waals surface area contributed by atoms with Crippen LogP contribution in [0.4, 0.5) is 0 Å². The smallest absolute Gasteiger partial charge is 0.274 e. The molecular formula is C20H21ClN4O2. The fourth-order valence-electron chi connectivity index (χ4n) is 3.35. The maximum absolute atomic E-state index is 12.9. The van der Waals surface area contributed by atoms with Gasteiger partial charge < -0.3 is 9.32 Å². The van der Waals surface area contributed by atoms with Gasteiger partial charge in [0, 0.05) is 24.9 Å². The summed E-state index contributed by atoms with van der Waals surface area (Å²) in [5.41, 5.74) is 1.97. The van der Waals surface area contributed by atoms with Crippen LogP contribution in [0.2, 0.25) is 5.02 Å². The van der Waals surface area contributed by atoms with Crippen LogP contribution in [0.25, 0.3) is 11.1 Å². The molecule has 0 spiro atoms. The molecule has 1 saturated heterocycles. The maximum atomic E-state index is 12.9. The van der Waals surface area contributed by atoms with E-state index in [2.05, 4.69) is 15.0 Å². The van der Waals surface area contributed by atoms with Crippen molar-refractivity contribution in [2.24, 2.45) is 0 Å². The topological polar surface area (TPSA) is 72.1 Å². The zero-order chi connectivity index (χ0) is 19.0. The fourth-order valence-corrected chi connectivity index (χ4v) is 3.52. The highest BCUT2D eigenvalue weighted by Gasteiger charge is 2.29. The first-order chi connectivity index (χ1) is 13.0. The molecule has 0 bridgehead atoms. The van der Waals surface area contributed by atoms with Crippen LogP contribution >= 0.6 is 11.6 Å². The molecule has 0 unspecified atom stereocenters. The molecule has 2 aromatic heterocycles. The van der Waals surface area contributed by atoms with Gasteiger partial charge in [-0.1, -0.05) is 37.6 Å². The van der Waals surface area contributed by atoms with Gasteiger partial charge in [-0.25, -0.2) is 15.0 Å². The van der Waals surface area contributed by atoms with Crippen molar-refractivity contribution in [1.29, 1.82) is 0 Å². The van der Waals surface area contributed by atoms with Crippen LogP contribution in [0.5, 0.6) is 0 Å². The lowest BCUT2D eigenvalue weighted by Crippen LogP contribution is -2.38. The second-order valence-electron chi connectivity index (χ2n) is 7.17. The monoisotopic (exact) mass is 384 g/mol. The summed E-state index contributed by atoms with van der Waals surface area (Å²) >= 11 is 6.19. The third-order valence-corrected chi connectivity index (χ3v) is 5.20. The molecule has 1 aliphatic rings. The molecule has 0 radical (unpaired) electrons. The van der Waals surface area contributed by atoms with E-state index in [4.69, 9.17) is 16.0 Å². The Morgan fingerprint density at radius 1 is 1.22 bits per heavy atom. The van der Waals surface area contributed by atoms with E-state index in [1.807, 2.05) is 38.1 Å². The molecule has 27 heavy (non-hydrogen) atoms. The molecule has 1 aliphatic heterocycles. The Balaban J connectivity index is 1.47. The van der Waals surface area contributed by atoms with E-state index in [0.29, 0.717) is 23.9 Å². The standard InChI is InChI=1S/C20H21ClN4O2/c1-12(2)18-22-11-14(21)17(24-18)20(26)25-9-7-13(8-10-25)19-23-15-5-3-4-6-16(15)27-19/h3-6,11-13H,7-10H2,1-2H3. The Kier molecular flexibility index (Phi) is 4.83. The van der Waals surface area contributed by atoms with Crippen LogP contribution in [0, 0.1) is 0 Å². The van der Waals surface area contributed by atoms with E-state index in [-0.39, 0.29) is 23.4 Å². The minimum atomic E-state index is -0.139. The molecular weight excluding hydrogens is 364 g/mol. The van der Waals surface area contributed by atoms with Crippen LogP contribution < -0.4 is 0 Å². The second kappa shape index (κ2) is 7.27. The van der Waals surface area contributed by atoms with Crippen molar-refractivity contribution in [3.63, 3.8) is 0 Å². The molecule has 7 heteroatoms. The van der Waals surface area contributed by atoms with Crippen molar-refractivity contribution in [1.82, 2.24) is 19.9 Å². The first-order valence-electron chi connectivity index (χ1n) is 9.20. The normalized spacial score (nSPS) is 15.6. The van der Waals surface area contributed by atoms with Gasteiger partial charge in [-0.3, -0.25) is 4.79 Å². The van der Waals surface area contributed by atoms with Gasteiger partial charge in [0.25, 0.3) is 5.91 Å². The van der Waals surface area contributed by atoms with E-state index in [9.17, 15) is 4.79 Å². The number of benzene rings is 1. The lowest BCUT2D eigenvalue weighted by molar-refractivity contribution is 0.0700. The molecule has 1 amide bonds. The van der Waals surface area contributed by atoms with Gasteiger partial charge >= 0.3 is 0 Å². The molecule has 1 aromatic carbocycles. The number of amides is 1. The number of carbonyl (C=O) groups excluding carboxylic acids is 1. The molecule has 140 valence electrons. The molecule has 6 nitrogen and oxygen atoms in total. The van der Waals surface area contributed by atoms with Gasteiger partial charge in [-0.05, 0) is 25.0 Å². The average Bonchev–Trinajstić information content (AvgIpc) is 3.12. The lowest BCUT2D eigenvalue weighted by atomic mass is 9.96. The van der Waals surface area contributed by atoms with E-state index in [1.165, 1.54) is 6.20 Å². The summed E-state index contributed by atoms with van der Waals surface area (Å²) in [6.07, 6.45) is 3.12. The Morgan fingerprint density at radius 3 is 2.67 bits per heavy atom. The largest absolute Gasteiger partial charge is 0.440 e. The first kappa shape index (κ1) is 17.9. The van der Waals surface area contributed by atoms with Crippen LogP contribution in [0.1, 0.15) is 60.7 Å². The summed E-state index contributed by atoms with van der Waals surface area (Å²) in [5, 5.41) is 0.297.